The van der Waals surface area contributed by atoms with Crippen LogP contribution in [-0.4, -0.2) is 65.3 Å². The normalized spacial score (nSPS) is 17.9. The van der Waals surface area contributed by atoms with Crippen LogP contribution in [0.3, 0.4) is 0 Å². The molecular formula is C26H36N6O4. The Kier molecular flexibility index (Phi) is 7.93. The molecule has 0 unspecified atom stereocenters. The Labute approximate surface area is 212 Å². The summed E-state index contributed by atoms with van der Waals surface area (Å²) in [6.07, 6.45) is 6.75. The molecule has 0 spiro atoms. The van der Waals surface area contributed by atoms with Gasteiger partial charge in [-0.05, 0) is 51.3 Å². The molecule has 0 bridgehead atoms. The molecule has 1 atom stereocenters. The summed E-state index contributed by atoms with van der Waals surface area (Å²) in [5.41, 5.74) is 1.72. The van der Waals surface area contributed by atoms with Crippen molar-refractivity contribution in [2.75, 3.05) is 35.4 Å². The molecule has 1 aromatic heterocycles. The van der Waals surface area contributed by atoms with Crippen LogP contribution in [0, 0.1) is 0 Å². The van der Waals surface area contributed by atoms with Gasteiger partial charge in [-0.2, -0.15) is 4.98 Å². The van der Waals surface area contributed by atoms with E-state index in [1.54, 1.807) is 36.3 Å². The number of fused-ring (bicyclic) bond motifs is 1. The van der Waals surface area contributed by atoms with Crippen molar-refractivity contribution in [3.63, 3.8) is 0 Å². The van der Waals surface area contributed by atoms with Gasteiger partial charge in [-0.1, -0.05) is 19.8 Å². The Morgan fingerprint density at radius 3 is 2.69 bits per heavy atom. The first-order valence-corrected chi connectivity index (χ1v) is 12.7. The number of aliphatic hydroxyl groups excluding tert-OH is 1. The van der Waals surface area contributed by atoms with Crippen LogP contribution in [0.2, 0.25) is 0 Å². The van der Waals surface area contributed by atoms with Gasteiger partial charge in [0.05, 0.1) is 18.5 Å². The Balaban J connectivity index is 1.68. The van der Waals surface area contributed by atoms with E-state index in [2.05, 4.69) is 20.5 Å². The zero-order valence-electron chi connectivity index (χ0n) is 21.5. The van der Waals surface area contributed by atoms with E-state index >= 15 is 0 Å². The number of ether oxygens (including phenoxy) is 1. The number of nitrogens with one attached hydrogen (secondary N) is 2. The van der Waals surface area contributed by atoms with Gasteiger partial charge in [0.2, 0.25) is 11.9 Å². The third-order valence-electron chi connectivity index (χ3n) is 6.67. The highest BCUT2D eigenvalue weighted by Gasteiger charge is 2.41. The summed E-state index contributed by atoms with van der Waals surface area (Å²) in [5.74, 6) is 1.38. The van der Waals surface area contributed by atoms with Gasteiger partial charge in [-0.25, -0.2) is 4.98 Å². The van der Waals surface area contributed by atoms with Crippen molar-refractivity contribution in [1.82, 2.24) is 15.3 Å². The molecule has 194 valence electrons. The maximum Gasteiger partial charge on any atom is 0.251 e. The molecule has 2 aromatic rings. The van der Waals surface area contributed by atoms with Crippen molar-refractivity contribution < 1.29 is 19.4 Å². The number of hydrogen-bond acceptors (Lipinski definition) is 8. The van der Waals surface area contributed by atoms with Gasteiger partial charge in [0.1, 0.15) is 24.1 Å². The molecule has 10 heteroatoms. The monoisotopic (exact) mass is 496 g/mol. The largest absolute Gasteiger partial charge is 0.489 e. The zero-order valence-corrected chi connectivity index (χ0v) is 21.5. The van der Waals surface area contributed by atoms with Crippen LogP contribution in [-0.2, 0) is 4.79 Å². The Hall–Kier alpha value is -3.40. The lowest BCUT2D eigenvalue weighted by molar-refractivity contribution is -0.120. The lowest BCUT2D eigenvalue weighted by atomic mass is 10.0. The van der Waals surface area contributed by atoms with E-state index in [-0.39, 0.29) is 43.2 Å². The minimum absolute atomic E-state index is 0.000722. The summed E-state index contributed by atoms with van der Waals surface area (Å²) < 4.78 is 5.72. The number of aliphatic hydroxyl groups is 1. The quantitative estimate of drug-likeness (QED) is 0.484. The number of anilines is 4. The van der Waals surface area contributed by atoms with Crippen molar-refractivity contribution >= 4 is 35.0 Å². The fraction of sp³-hybridized carbons (Fsp3) is 0.538. The topological polar surface area (TPSA) is 120 Å². The summed E-state index contributed by atoms with van der Waals surface area (Å²) in [6.45, 7) is 5.74. The van der Waals surface area contributed by atoms with E-state index in [9.17, 15) is 14.7 Å². The van der Waals surface area contributed by atoms with Gasteiger partial charge in [0.15, 0.2) is 5.82 Å². The van der Waals surface area contributed by atoms with E-state index in [0.29, 0.717) is 35.1 Å². The number of likely N-dealkylation sites (N-methyl/N-ethyl adjacent to an activating group) is 1. The van der Waals surface area contributed by atoms with Crippen LogP contribution in [0.1, 0.15) is 63.2 Å². The lowest BCUT2D eigenvalue weighted by Gasteiger charge is -2.43. The van der Waals surface area contributed by atoms with Crippen molar-refractivity contribution in [1.29, 1.82) is 0 Å². The number of amides is 2. The lowest BCUT2D eigenvalue weighted by Crippen LogP contribution is -2.55. The second kappa shape index (κ2) is 11.1. The molecule has 2 aliphatic rings. The molecule has 2 heterocycles. The number of carbonyl (C=O) groups is 2. The Morgan fingerprint density at radius 1 is 1.28 bits per heavy atom. The minimum Gasteiger partial charge on any atom is -0.489 e. The van der Waals surface area contributed by atoms with Crippen LogP contribution in [0.15, 0.2) is 24.4 Å². The highest BCUT2D eigenvalue weighted by Crippen LogP contribution is 2.40. The molecule has 1 aromatic carbocycles. The summed E-state index contributed by atoms with van der Waals surface area (Å²) in [7, 11) is 1.77. The van der Waals surface area contributed by atoms with Gasteiger partial charge >= 0.3 is 0 Å². The van der Waals surface area contributed by atoms with Gasteiger partial charge < -0.3 is 30.3 Å². The van der Waals surface area contributed by atoms with Crippen LogP contribution in [0.4, 0.5) is 23.1 Å². The molecule has 1 aliphatic heterocycles. The predicted molar refractivity (Wildman–Crippen MR) is 139 cm³/mol. The van der Waals surface area contributed by atoms with Crippen LogP contribution >= 0.6 is 0 Å². The number of benzene rings is 1. The average Bonchev–Trinajstić information content (AvgIpc) is 3.39. The summed E-state index contributed by atoms with van der Waals surface area (Å²) >= 11 is 0. The second-order valence-corrected chi connectivity index (χ2v) is 9.61. The minimum atomic E-state index is -0.254. The molecule has 0 radical (unpaired) electrons. The molecule has 3 N–H and O–H groups in total. The third kappa shape index (κ3) is 5.23. The maximum atomic E-state index is 13.1. The van der Waals surface area contributed by atoms with E-state index in [1.165, 1.54) is 0 Å². The first-order valence-electron chi connectivity index (χ1n) is 12.7. The molecule has 0 saturated heterocycles. The fourth-order valence-electron chi connectivity index (χ4n) is 4.95. The van der Waals surface area contributed by atoms with Crippen molar-refractivity contribution in [2.24, 2.45) is 0 Å². The number of hydrogen-bond donors (Lipinski definition) is 3. The molecule has 10 nitrogen and oxygen atoms in total. The summed E-state index contributed by atoms with van der Waals surface area (Å²) in [4.78, 5) is 38.8. The standard InChI is InChI=1S/C26H36N6O4/c1-5-20-25(35)31(4)21-15-27-26(30-23(21)32(20)18-8-6-7-9-18)29-19-11-10-17(24(34)28-16(2)3)14-22(19)36-13-12-33/h10-11,14-16,18,20,33H,5-9,12-13H2,1-4H3,(H,28,34)(H,27,29,30)/t20-/m1/s1. The second-order valence-electron chi connectivity index (χ2n) is 9.61. The molecule has 4 rings (SSSR count). The van der Waals surface area contributed by atoms with Crippen molar-refractivity contribution in [2.45, 2.75) is 71.0 Å². The summed E-state index contributed by atoms with van der Waals surface area (Å²) in [6, 6.07) is 5.10. The first-order chi connectivity index (χ1) is 17.3. The molecular weight excluding hydrogens is 460 g/mol. The first kappa shape index (κ1) is 25.7. The smallest absolute Gasteiger partial charge is 0.251 e. The van der Waals surface area contributed by atoms with E-state index in [0.717, 1.165) is 31.5 Å². The highest BCUT2D eigenvalue weighted by molar-refractivity contribution is 6.04. The third-order valence-corrected chi connectivity index (χ3v) is 6.67. The molecule has 2 amide bonds. The van der Waals surface area contributed by atoms with Crippen LogP contribution in [0.5, 0.6) is 5.75 Å². The van der Waals surface area contributed by atoms with Crippen LogP contribution in [0.25, 0.3) is 0 Å². The molecule has 36 heavy (non-hydrogen) atoms. The van der Waals surface area contributed by atoms with E-state index in [1.807, 2.05) is 20.8 Å². The number of nitrogens with zero attached hydrogens (tertiary/aromatic N) is 4. The van der Waals surface area contributed by atoms with Crippen molar-refractivity contribution in [3.05, 3.63) is 30.0 Å². The Morgan fingerprint density at radius 2 is 2.03 bits per heavy atom. The zero-order chi connectivity index (χ0) is 25.8. The van der Waals surface area contributed by atoms with Gasteiger partial charge in [-0.15, -0.1) is 0 Å². The Bertz CT molecular complexity index is 1100. The van der Waals surface area contributed by atoms with Crippen LogP contribution < -0.4 is 25.2 Å². The van der Waals surface area contributed by atoms with E-state index in [4.69, 9.17) is 9.72 Å². The number of carbonyl (C=O) groups excluding carboxylic acids is 2. The maximum absolute atomic E-state index is 13.1. The van der Waals surface area contributed by atoms with E-state index < -0.39 is 0 Å². The molecule has 1 fully saturated rings. The van der Waals surface area contributed by atoms with Gasteiger partial charge in [0, 0.05) is 24.7 Å². The average molecular weight is 497 g/mol. The number of rotatable bonds is 9. The van der Waals surface area contributed by atoms with Gasteiger partial charge in [-0.3, -0.25) is 9.59 Å². The SMILES string of the molecule is CC[C@@H]1C(=O)N(C)c2cnc(Nc3ccc(C(=O)NC(C)C)cc3OCCO)nc2N1C1CCCC1. The van der Waals surface area contributed by atoms with Gasteiger partial charge in [0.25, 0.3) is 5.91 Å². The fourth-order valence-corrected chi connectivity index (χ4v) is 4.95. The molecule has 1 saturated carbocycles. The predicted octanol–water partition coefficient (Wildman–Crippen LogP) is 3.23. The number of aromatic nitrogens is 2. The summed E-state index contributed by atoms with van der Waals surface area (Å²) in [5, 5.41) is 15.4. The highest BCUT2D eigenvalue weighted by atomic mass is 16.5. The molecule has 1 aliphatic carbocycles. The van der Waals surface area contributed by atoms with Crippen molar-refractivity contribution in [3.8, 4) is 5.75 Å².